The molecule has 0 aliphatic carbocycles. The Labute approximate surface area is 184 Å². The molecule has 2 aromatic carbocycles. The minimum atomic E-state index is -3.66. The van der Waals surface area contributed by atoms with Crippen molar-refractivity contribution in [2.45, 2.75) is 45.3 Å². The van der Waals surface area contributed by atoms with E-state index in [1.165, 1.54) is 0 Å². The van der Waals surface area contributed by atoms with Crippen molar-refractivity contribution in [3.05, 3.63) is 54.1 Å². The number of benzene rings is 2. The molecule has 0 aromatic heterocycles. The van der Waals surface area contributed by atoms with Gasteiger partial charge in [0.1, 0.15) is 23.6 Å². The van der Waals surface area contributed by atoms with E-state index in [0.717, 1.165) is 28.3 Å². The first-order valence-corrected chi connectivity index (χ1v) is 12.2. The fourth-order valence-electron chi connectivity index (χ4n) is 3.63. The summed E-state index contributed by atoms with van der Waals surface area (Å²) in [7, 11) is -3.66. The average Bonchev–Trinajstić information content (AvgIpc) is 2.69. The number of para-hydroxylation sites is 1. The van der Waals surface area contributed by atoms with Gasteiger partial charge in [0.25, 0.3) is 0 Å². The summed E-state index contributed by atoms with van der Waals surface area (Å²) in [5.74, 6) is 1.01. The van der Waals surface area contributed by atoms with Crippen molar-refractivity contribution in [1.82, 2.24) is 5.32 Å². The van der Waals surface area contributed by atoms with Gasteiger partial charge in [0.15, 0.2) is 0 Å². The summed E-state index contributed by atoms with van der Waals surface area (Å²) in [6.07, 6.45) is 2.55. The number of rotatable bonds is 8. The molecule has 7 nitrogen and oxygen atoms in total. The summed E-state index contributed by atoms with van der Waals surface area (Å²) >= 11 is 0. The molecular weight excluding hydrogens is 416 g/mol. The van der Waals surface area contributed by atoms with Gasteiger partial charge < -0.3 is 14.8 Å². The van der Waals surface area contributed by atoms with Crippen LogP contribution in [-0.4, -0.2) is 39.3 Å². The third-order valence-electron chi connectivity index (χ3n) is 5.00. The molecule has 0 saturated carbocycles. The van der Waals surface area contributed by atoms with Crippen LogP contribution >= 0.6 is 0 Å². The highest BCUT2D eigenvalue weighted by molar-refractivity contribution is 7.92. The molecule has 1 heterocycles. The molecule has 0 fully saturated rings. The second-order valence-electron chi connectivity index (χ2n) is 8.34. The number of amides is 1. The minimum absolute atomic E-state index is 0.265. The first-order valence-electron chi connectivity index (χ1n) is 10.4. The van der Waals surface area contributed by atoms with Crippen LogP contribution in [0.5, 0.6) is 11.5 Å². The third kappa shape index (κ3) is 5.91. The summed E-state index contributed by atoms with van der Waals surface area (Å²) in [6.45, 7) is 6.21. The van der Waals surface area contributed by atoms with Gasteiger partial charge in [-0.05, 0) is 50.6 Å². The van der Waals surface area contributed by atoms with Crippen LogP contribution in [0.4, 0.5) is 5.69 Å². The van der Waals surface area contributed by atoms with Crippen molar-refractivity contribution < 1.29 is 22.7 Å². The maximum absolute atomic E-state index is 12.9. The number of nitrogens with one attached hydrogen (secondary N) is 1. The quantitative estimate of drug-likeness (QED) is 0.669. The molecule has 0 saturated heterocycles. The lowest BCUT2D eigenvalue weighted by Crippen LogP contribution is -2.45. The molecule has 31 heavy (non-hydrogen) atoms. The van der Waals surface area contributed by atoms with Crippen LogP contribution in [0.25, 0.3) is 0 Å². The van der Waals surface area contributed by atoms with Crippen LogP contribution in [0.15, 0.2) is 48.5 Å². The lowest BCUT2D eigenvalue weighted by molar-refractivity contribution is -0.120. The number of hydrogen-bond acceptors (Lipinski definition) is 5. The standard InChI is InChI=1S/C23H30N2O5S/c1-5-14-29-18-12-10-17(11-13-18)25(31(4,27)28)16-22(26)24-20-15-23(2,3)30-21-9-7-6-8-19(20)21/h6-13,20H,5,14-16H2,1-4H3,(H,24,26)/t20-/m0/s1. The minimum Gasteiger partial charge on any atom is -0.494 e. The molecule has 1 aliphatic heterocycles. The fourth-order valence-corrected chi connectivity index (χ4v) is 4.49. The molecule has 0 spiro atoms. The molecule has 8 heteroatoms. The van der Waals surface area contributed by atoms with Gasteiger partial charge in [0.05, 0.1) is 24.6 Å². The summed E-state index contributed by atoms with van der Waals surface area (Å²) < 4.78 is 37.5. The van der Waals surface area contributed by atoms with Crippen LogP contribution in [0.3, 0.4) is 0 Å². The van der Waals surface area contributed by atoms with Gasteiger partial charge in [-0.3, -0.25) is 9.10 Å². The Morgan fingerprint density at radius 1 is 1.19 bits per heavy atom. The van der Waals surface area contributed by atoms with Crippen LogP contribution in [0.2, 0.25) is 0 Å². The van der Waals surface area contributed by atoms with E-state index in [-0.39, 0.29) is 18.5 Å². The van der Waals surface area contributed by atoms with E-state index in [2.05, 4.69) is 5.32 Å². The first kappa shape index (κ1) is 22.9. The van der Waals surface area contributed by atoms with Crippen LogP contribution in [-0.2, 0) is 14.8 Å². The average molecular weight is 447 g/mol. The molecule has 0 bridgehead atoms. The van der Waals surface area contributed by atoms with Crippen LogP contribution < -0.4 is 19.1 Å². The second kappa shape index (κ2) is 9.18. The van der Waals surface area contributed by atoms with Gasteiger partial charge in [0.2, 0.25) is 15.9 Å². The molecule has 1 atom stereocenters. The molecule has 2 aromatic rings. The fraction of sp³-hybridized carbons (Fsp3) is 0.435. The number of hydrogen-bond donors (Lipinski definition) is 1. The van der Waals surface area contributed by atoms with E-state index < -0.39 is 15.6 Å². The Kier molecular flexibility index (Phi) is 6.79. The van der Waals surface area contributed by atoms with Crippen molar-refractivity contribution in [2.24, 2.45) is 0 Å². The highest BCUT2D eigenvalue weighted by Crippen LogP contribution is 2.39. The third-order valence-corrected chi connectivity index (χ3v) is 6.14. The molecular formula is C23H30N2O5S. The number of nitrogens with zero attached hydrogens (tertiary/aromatic N) is 1. The number of sulfonamides is 1. The van der Waals surface area contributed by atoms with Gasteiger partial charge in [-0.2, -0.15) is 0 Å². The SMILES string of the molecule is CCCOc1ccc(N(CC(=O)N[C@H]2CC(C)(C)Oc3ccccc32)S(C)(=O)=O)cc1. The second-order valence-corrected chi connectivity index (χ2v) is 10.2. The number of carbonyl (C=O) groups excluding carboxylic acids is 1. The monoisotopic (exact) mass is 446 g/mol. The van der Waals surface area contributed by atoms with Crippen molar-refractivity contribution in [3.8, 4) is 11.5 Å². The molecule has 1 amide bonds. The van der Waals surface area contributed by atoms with Crippen molar-refractivity contribution in [1.29, 1.82) is 0 Å². The number of fused-ring (bicyclic) bond motifs is 1. The summed E-state index contributed by atoms with van der Waals surface area (Å²) in [5.41, 5.74) is 0.852. The highest BCUT2D eigenvalue weighted by atomic mass is 32.2. The molecule has 0 radical (unpaired) electrons. The van der Waals surface area contributed by atoms with E-state index in [9.17, 15) is 13.2 Å². The number of ether oxygens (including phenoxy) is 2. The Bertz CT molecular complexity index is 1020. The summed E-state index contributed by atoms with van der Waals surface area (Å²) in [4.78, 5) is 12.9. The largest absolute Gasteiger partial charge is 0.494 e. The van der Waals surface area contributed by atoms with Crippen molar-refractivity contribution in [2.75, 3.05) is 23.7 Å². The smallest absolute Gasteiger partial charge is 0.241 e. The predicted molar refractivity (Wildman–Crippen MR) is 121 cm³/mol. The van der Waals surface area contributed by atoms with Crippen molar-refractivity contribution >= 4 is 21.6 Å². The highest BCUT2D eigenvalue weighted by Gasteiger charge is 2.34. The molecule has 0 unspecified atom stereocenters. The van der Waals surface area contributed by atoms with Crippen molar-refractivity contribution in [3.63, 3.8) is 0 Å². The van der Waals surface area contributed by atoms with Gasteiger partial charge in [-0.1, -0.05) is 25.1 Å². The lowest BCUT2D eigenvalue weighted by atomic mass is 9.89. The zero-order valence-electron chi connectivity index (χ0n) is 18.4. The topological polar surface area (TPSA) is 84.9 Å². The number of anilines is 1. The van der Waals surface area contributed by atoms with Gasteiger partial charge >= 0.3 is 0 Å². The molecule has 168 valence electrons. The zero-order chi connectivity index (χ0) is 22.6. The van der Waals surface area contributed by atoms with Gasteiger partial charge in [-0.25, -0.2) is 8.42 Å². The Morgan fingerprint density at radius 2 is 1.87 bits per heavy atom. The summed E-state index contributed by atoms with van der Waals surface area (Å²) in [6, 6.07) is 14.0. The maximum atomic E-state index is 12.9. The van der Waals surface area contributed by atoms with E-state index in [0.29, 0.717) is 24.5 Å². The Balaban J connectivity index is 1.76. The van der Waals surface area contributed by atoms with E-state index in [4.69, 9.17) is 9.47 Å². The molecule has 1 aliphatic rings. The van der Waals surface area contributed by atoms with Crippen LogP contribution in [0, 0.1) is 0 Å². The first-order chi connectivity index (χ1) is 14.6. The Morgan fingerprint density at radius 3 is 2.52 bits per heavy atom. The number of carbonyl (C=O) groups is 1. The normalized spacial score (nSPS) is 17.2. The van der Waals surface area contributed by atoms with E-state index in [1.807, 2.05) is 45.0 Å². The molecule has 3 rings (SSSR count). The van der Waals surface area contributed by atoms with Gasteiger partial charge in [0, 0.05) is 12.0 Å². The van der Waals surface area contributed by atoms with Gasteiger partial charge in [-0.15, -0.1) is 0 Å². The lowest BCUT2D eigenvalue weighted by Gasteiger charge is -2.38. The Hall–Kier alpha value is -2.74. The molecule has 1 N–H and O–H groups in total. The zero-order valence-corrected chi connectivity index (χ0v) is 19.2. The maximum Gasteiger partial charge on any atom is 0.241 e. The van der Waals surface area contributed by atoms with Crippen LogP contribution in [0.1, 0.15) is 45.2 Å². The predicted octanol–water partition coefficient (Wildman–Crippen LogP) is 3.66. The van der Waals surface area contributed by atoms with E-state index in [1.54, 1.807) is 24.3 Å². The summed E-state index contributed by atoms with van der Waals surface area (Å²) in [5, 5.41) is 2.99. The van der Waals surface area contributed by atoms with E-state index >= 15 is 0 Å².